The highest BCUT2D eigenvalue weighted by Gasteiger charge is 2.36. The Balaban J connectivity index is 0.00000189. The van der Waals surface area contributed by atoms with Crippen LogP contribution in [0.3, 0.4) is 0 Å². The molecule has 3 N–H and O–H groups in total. The molecule has 2 amide bonds. The standard InChI is InChI=1S/C22H31N3O3.C3H8.C2H6/c1-4-24-20(26)13-12-16(2)25-17(3)21-18(22(25)27)10-9-11-19(21)28-15-8-6-5-7-14-23;1-3-2;1-2/h4,9-11,16H,1,3,5-8,12-15,23H2,2H3,(H,24,26);3H2,1-2H3;1-2H3. The highest BCUT2D eigenvalue weighted by atomic mass is 16.5. The van der Waals surface area contributed by atoms with Crippen molar-refractivity contribution in [3.8, 4) is 5.75 Å². The summed E-state index contributed by atoms with van der Waals surface area (Å²) in [5.41, 5.74) is 7.51. The van der Waals surface area contributed by atoms with E-state index in [0.29, 0.717) is 36.5 Å². The van der Waals surface area contributed by atoms with Crippen LogP contribution in [-0.2, 0) is 4.79 Å². The summed E-state index contributed by atoms with van der Waals surface area (Å²) in [6, 6.07) is 5.36. The highest BCUT2D eigenvalue weighted by Crippen LogP contribution is 2.39. The first-order chi connectivity index (χ1) is 15.9. The average molecular weight is 460 g/mol. The molecule has 1 aliphatic rings. The minimum Gasteiger partial charge on any atom is -0.493 e. The van der Waals surface area contributed by atoms with Gasteiger partial charge in [-0.25, -0.2) is 0 Å². The van der Waals surface area contributed by atoms with Gasteiger partial charge in [-0.05, 0) is 51.1 Å². The van der Waals surface area contributed by atoms with Gasteiger partial charge in [0.05, 0.1) is 17.7 Å². The van der Waals surface area contributed by atoms with Crippen LogP contribution in [0.25, 0.3) is 5.70 Å². The van der Waals surface area contributed by atoms with E-state index in [1.807, 2.05) is 32.9 Å². The summed E-state index contributed by atoms with van der Waals surface area (Å²) in [7, 11) is 0. The number of rotatable bonds is 12. The number of unbranched alkanes of at least 4 members (excludes halogenated alkanes) is 3. The van der Waals surface area contributed by atoms with Crippen LogP contribution >= 0.6 is 0 Å². The third-order valence-corrected chi connectivity index (χ3v) is 4.90. The molecule has 1 heterocycles. The minimum absolute atomic E-state index is 0.0926. The van der Waals surface area contributed by atoms with Crippen molar-refractivity contribution >= 4 is 17.5 Å². The van der Waals surface area contributed by atoms with Crippen molar-refractivity contribution in [2.45, 2.75) is 85.6 Å². The lowest BCUT2D eigenvalue weighted by Crippen LogP contribution is -2.33. The molecule has 0 spiro atoms. The molecule has 0 fully saturated rings. The Hall–Kier alpha value is -2.60. The van der Waals surface area contributed by atoms with Gasteiger partial charge in [-0.15, -0.1) is 0 Å². The maximum absolute atomic E-state index is 12.9. The number of nitrogens with zero attached hydrogens (tertiary/aromatic N) is 1. The van der Waals surface area contributed by atoms with E-state index in [1.165, 1.54) is 12.6 Å². The summed E-state index contributed by atoms with van der Waals surface area (Å²) in [6.45, 7) is 19.1. The number of nitrogens with two attached hydrogens (primary N) is 1. The first kappa shape index (κ1) is 30.4. The van der Waals surface area contributed by atoms with Crippen molar-refractivity contribution in [2.75, 3.05) is 13.2 Å². The molecule has 6 heteroatoms. The first-order valence-corrected chi connectivity index (χ1v) is 12.3. The molecule has 0 aromatic heterocycles. The molecule has 0 saturated carbocycles. The highest BCUT2D eigenvalue weighted by molar-refractivity contribution is 6.10. The summed E-state index contributed by atoms with van der Waals surface area (Å²) < 4.78 is 5.96. The molecule has 2 rings (SSSR count). The van der Waals surface area contributed by atoms with Crippen LogP contribution in [0.2, 0.25) is 0 Å². The van der Waals surface area contributed by atoms with Gasteiger partial charge in [-0.2, -0.15) is 0 Å². The zero-order valence-electron chi connectivity index (χ0n) is 21.4. The lowest BCUT2D eigenvalue weighted by atomic mass is 10.1. The number of ether oxygens (including phenoxy) is 1. The van der Waals surface area contributed by atoms with Crippen LogP contribution in [0.1, 0.15) is 95.5 Å². The molecule has 0 saturated heterocycles. The van der Waals surface area contributed by atoms with Crippen molar-refractivity contribution in [1.82, 2.24) is 10.2 Å². The lowest BCUT2D eigenvalue weighted by Gasteiger charge is -2.25. The van der Waals surface area contributed by atoms with E-state index in [4.69, 9.17) is 10.5 Å². The molecule has 1 aromatic carbocycles. The SMILES string of the molecule is C=CNC(=O)CCC(C)N1C(=C)c2c(OCCCCCCN)cccc2C1=O.CC.CCC. The van der Waals surface area contributed by atoms with Crippen LogP contribution in [0.5, 0.6) is 5.75 Å². The largest absolute Gasteiger partial charge is 0.493 e. The van der Waals surface area contributed by atoms with Crippen molar-refractivity contribution in [3.63, 3.8) is 0 Å². The third kappa shape index (κ3) is 9.82. The normalized spacial score (nSPS) is 12.6. The molecule has 1 aliphatic heterocycles. The van der Waals surface area contributed by atoms with Crippen LogP contribution in [0.15, 0.2) is 37.6 Å². The molecule has 1 aromatic rings. The maximum atomic E-state index is 12.9. The number of carbonyl (C=O) groups excluding carboxylic acids is 2. The zero-order valence-corrected chi connectivity index (χ0v) is 21.4. The number of carbonyl (C=O) groups is 2. The Morgan fingerprint density at radius 3 is 2.45 bits per heavy atom. The Bertz CT molecular complexity index is 746. The van der Waals surface area contributed by atoms with Crippen LogP contribution in [0, 0.1) is 0 Å². The molecule has 186 valence electrons. The second-order valence-electron chi connectivity index (χ2n) is 7.72. The minimum atomic E-state index is -0.146. The van der Waals surface area contributed by atoms with Crippen molar-refractivity contribution in [1.29, 1.82) is 0 Å². The van der Waals surface area contributed by atoms with Gasteiger partial charge in [-0.1, -0.05) is 66.2 Å². The van der Waals surface area contributed by atoms with Crippen LogP contribution in [0.4, 0.5) is 0 Å². The van der Waals surface area contributed by atoms with Crippen molar-refractivity contribution in [2.24, 2.45) is 5.73 Å². The molecule has 6 nitrogen and oxygen atoms in total. The van der Waals surface area contributed by atoms with Crippen molar-refractivity contribution in [3.05, 3.63) is 48.7 Å². The van der Waals surface area contributed by atoms with Gasteiger partial charge >= 0.3 is 0 Å². The second kappa shape index (κ2) is 17.9. The molecule has 0 radical (unpaired) electrons. The van der Waals surface area contributed by atoms with E-state index in [-0.39, 0.29) is 17.9 Å². The monoisotopic (exact) mass is 459 g/mol. The predicted molar refractivity (Wildman–Crippen MR) is 139 cm³/mol. The number of amides is 2. The van der Waals surface area contributed by atoms with E-state index >= 15 is 0 Å². The molecule has 0 aliphatic carbocycles. The average Bonchev–Trinajstić information content (AvgIpc) is 3.07. The third-order valence-electron chi connectivity index (χ3n) is 4.90. The quantitative estimate of drug-likeness (QED) is 0.382. The Kier molecular flexibility index (Phi) is 16.5. The predicted octanol–water partition coefficient (Wildman–Crippen LogP) is 5.88. The van der Waals surface area contributed by atoms with Crippen LogP contribution in [-0.4, -0.2) is 35.9 Å². The smallest absolute Gasteiger partial charge is 0.259 e. The van der Waals surface area contributed by atoms with E-state index < -0.39 is 0 Å². The fraction of sp³-hybridized carbons (Fsp3) is 0.556. The van der Waals surface area contributed by atoms with E-state index in [2.05, 4.69) is 32.3 Å². The lowest BCUT2D eigenvalue weighted by molar-refractivity contribution is -0.120. The first-order valence-electron chi connectivity index (χ1n) is 12.3. The van der Waals surface area contributed by atoms with Gasteiger partial charge in [-0.3, -0.25) is 9.59 Å². The topological polar surface area (TPSA) is 84.7 Å². The fourth-order valence-corrected chi connectivity index (χ4v) is 3.40. The van der Waals surface area contributed by atoms with E-state index in [0.717, 1.165) is 37.8 Å². The van der Waals surface area contributed by atoms with Gasteiger partial charge in [0.2, 0.25) is 5.91 Å². The molecular formula is C27H45N3O3. The Morgan fingerprint density at radius 1 is 1.21 bits per heavy atom. The van der Waals surface area contributed by atoms with Gasteiger partial charge in [0.1, 0.15) is 5.75 Å². The molecular weight excluding hydrogens is 414 g/mol. The van der Waals surface area contributed by atoms with E-state index in [9.17, 15) is 9.59 Å². The summed E-state index contributed by atoms with van der Waals surface area (Å²) in [5, 5.41) is 2.55. The number of nitrogens with one attached hydrogen (secondary N) is 1. The zero-order chi connectivity index (χ0) is 25.2. The summed E-state index contributed by atoms with van der Waals surface area (Å²) in [5.74, 6) is 0.481. The van der Waals surface area contributed by atoms with Gasteiger partial charge in [0.15, 0.2) is 0 Å². The summed E-state index contributed by atoms with van der Waals surface area (Å²) in [4.78, 5) is 26.2. The Labute approximate surface area is 201 Å². The number of fused-ring (bicyclic) bond motifs is 1. The molecule has 33 heavy (non-hydrogen) atoms. The van der Waals surface area contributed by atoms with Gasteiger partial charge < -0.3 is 20.7 Å². The van der Waals surface area contributed by atoms with Gasteiger partial charge in [0, 0.05) is 18.2 Å². The number of hydrogen-bond acceptors (Lipinski definition) is 4. The second-order valence-corrected chi connectivity index (χ2v) is 7.72. The summed E-state index contributed by atoms with van der Waals surface area (Å²) in [6.07, 6.45) is 7.61. The van der Waals surface area contributed by atoms with Gasteiger partial charge in [0.25, 0.3) is 5.91 Å². The molecule has 1 unspecified atom stereocenters. The summed E-state index contributed by atoms with van der Waals surface area (Å²) >= 11 is 0. The van der Waals surface area contributed by atoms with Crippen molar-refractivity contribution < 1.29 is 14.3 Å². The molecule has 1 atom stereocenters. The van der Waals surface area contributed by atoms with E-state index in [1.54, 1.807) is 11.0 Å². The number of hydrogen-bond donors (Lipinski definition) is 2. The Morgan fingerprint density at radius 2 is 1.85 bits per heavy atom. The maximum Gasteiger partial charge on any atom is 0.259 e. The molecule has 0 bridgehead atoms. The fourth-order valence-electron chi connectivity index (χ4n) is 3.40. The number of benzene rings is 1. The van der Waals surface area contributed by atoms with Crippen LogP contribution < -0.4 is 15.8 Å².